The number of aryl methyl sites for hydroxylation is 1. The van der Waals surface area contributed by atoms with Crippen LogP contribution in [0, 0.1) is 6.92 Å². The van der Waals surface area contributed by atoms with Crippen LogP contribution in [-0.2, 0) is 6.42 Å². The molecule has 0 aliphatic carbocycles. The topological polar surface area (TPSA) is 96.3 Å². The number of rotatable bonds is 7. The van der Waals surface area contributed by atoms with E-state index < -0.39 is 0 Å². The molecular weight excluding hydrogens is 380 g/mol. The molecule has 3 aromatic rings. The molecule has 7 nitrogen and oxygen atoms in total. The van der Waals surface area contributed by atoms with Crippen LogP contribution >= 0.6 is 0 Å². The van der Waals surface area contributed by atoms with Gasteiger partial charge in [-0.05, 0) is 57.2 Å². The van der Waals surface area contributed by atoms with Crippen LogP contribution in [-0.4, -0.2) is 29.5 Å². The zero-order valence-corrected chi connectivity index (χ0v) is 17.4. The number of nitrogens with zero attached hydrogens (tertiary/aromatic N) is 1. The standard InChI is InChI=1S/C23H26N4O3/c1-15(2)25-21(28)17-8-10-19(11-9-17)27-23(29)24-13-12-20-14-30-22(26-20)18-6-4-16(3)5-7-18/h4-11,14-15H,12-13H2,1-3H3,(H,25,28)(H2,24,27,29). The normalized spacial score (nSPS) is 10.7. The summed E-state index contributed by atoms with van der Waals surface area (Å²) in [6.45, 7) is 6.25. The van der Waals surface area contributed by atoms with Crippen molar-refractivity contribution in [2.45, 2.75) is 33.2 Å². The molecule has 0 saturated heterocycles. The Hall–Kier alpha value is -3.61. The van der Waals surface area contributed by atoms with Gasteiger partial charge in [0, 0.05) is 35.8 Å². The minimum Gasteiger partial charge on any atom is -0.444 e. The summed E-state index contributed by atoms with van der Waals surface area (Å²) in [4.78, 5) is 28.5. The number of aromatic nitrogens is 1. The first-order chi connectivity index (χ1) is 14.4. The maximum absolute atomic E-state index is 12.1. The van der Waals surface area contributed by atoms with Gasteiger partial charge >= 0.3 is 6.03 Å². The smallest absolute Gasteiger partial charge is 0.319 e. The summed E-state index contributed by atoms with van der Waals surface area (Å²) in [5.74, 6) is 0.426. The Morgan fingerprint density at radius 1 is 1.03 bits per heavy atom. The van der Waals surface area contributed by atoms with Crippen molar-refractivity contribution in [2.24, 2.45) is 0 Å². The van der Waals surface area contributed by atoms with Crippen LogP contribution in [0.15, 0.2) is 59.2 Å². The summed E-state index contributed by atoms with van der Waals surface area (Å²) in [7, 11) is 0. The lowest BCUT2D eigenvalue weighted by Crippen LogP contribution is -2.31. The molecular formula is C23H26N4O3. The molecule has 0 fully saturated rings. The molecule has 7 heteroatoms. The van der Waals surface area contributed by atoms with Gasteiger partial charge in [-0.1, -0.05) is 17.7 Å². The second-order valence-electron chi connectivity index (χ2n) is 7.35. The predicted molar refractivity (Wildman–Crippen MR) is 116 cm³/mol. The number of benzene rings is 2. The van der Waals surface area contributed by atoms with Gasteiger partial charge in [-0.15, -0.1) is 0 Å². The summed E-state index contributed by atoms with van der Waals surface area (Å²) < 4.78 is 5.53. The number of carbonyl (C=O) groups is 2. The van der Waals surface area contributed by atoms with Gasteiger partial charge in [0.1, 0.15) is 6.26 Å². The number of urea groups is 1. The summed E-state index contributed by atoms with van der Waals surface area (Å²) in [5.41, 5.74) is 4.02. The zero-order valence-electron chi connectivity index (χ0n) is 17.4. The molecule has 1 aromatic heterocycles. The van der Waals surface area contributed by atoms with Gasteiger partial charge in [-0.25, -0.2) is 9.78 Å². The molecule has 0 radical (unpaired) electrons. The molecule has 0 unspecified atom stereocenters. The van der Waals surface area contributed by atoms with Gasteiger partial charge in [0.05, 0.1) is 5.69 Å². The predicted octanol–water partition coefficient (Wildman–Crippen LogP) is 4.15. The van der Waals surface area contributed by atoms with Crippen molar-refractivity contribution in [3.63, 3.8) is 0 Å². The van der Waals surface area contributed by atoms with E-state index in [0.717, 1.165) is 11.3 Å². The van der Waals surface area contributed by atoms with Crippen molar-refractivity contribution in [3.8, 4) is 11.5 Å². The highest BCUT2D eigenvalue weighted by molar-refractivity contribution is 5.95. The Bertz CT molecular complexity index is 992. The first-order valence-electron chi connectivity index (χ1n) is 9.88. The monoisotopic (exact) mass is 406 g/mol. The number of carbonyl (C=O) groups excluding carboxylic acids is 2. The van der Waals surface area contributed by atoms with E-state index >= 15 is 0 Å². The highest BCUT2D eigenvalue weighted by Gasteiger charge is 2.09. The molecule has 0 saturated carbocycles. The molecule has 3 N–H and O–H groups in total. The fraction of sp³-hybridized carbons (Fsp3) is 0.261. The van der Waals surface area contributed by atoms with Crippen LogP contribution in [0.25, 0.3) is 11.5 Å². The molecule has 0 atom stereocenters. The third-order valence-corrected chi connectivity index (χ3v) is 4.34. The number of nitrogens with one attached hydrogen (secondary N) is 3. The molecule has 0 aliphatic heterocycles. The van der Waals surface area contributed by atoms with E-state index in [1.807, 2.05) is 45.0 Å². The molecule has 2 aromatic carbocycles. The van der Waals surface area contributed by atoms with Crippen molar-refractivity contribution < 1.29 is 14.0 Å². The highest BCUT2D eigenvalue weighted by Crippen LogP contribution is 2.19. The molecule has 30 heavy (non-hydrogen) atoms. The van der Waals surface area contributed by atoms with Crippen LogP contribution in [0.2, 0.25) is 0 Å². The van der Waals surface area contributed by atoms with Crippen molar-refractivity contribution in [2.75, 3.05) is 11.9 Å². The Morgan fingerprint density at radius 2 is 1.73 bits per heavy atom. The molecule has 3 rings (SSSR count). The second-order valence-corrected chi connectivity index (χ2v) is 7.35. The number of oxazole rings is 1. The summed E-state index contributed by atoms with van der Waals surface area (Å²) in [6, 6.07) is 14.4. The van der Waals surface area contributed by atoms with Gasteiger partial charge in [0.2, 0.25) is 5.89 Å². The van der Waals surface area contributed by atoms with Crippen molar-refractivity contribution in [3.05, 3.63) is 71.6 Å². The van der Waals surface area contributed by atoms with Gasteiger partial charge in [-0.2, -0.15) is 0 Å². The van der Waals surface area contributed by atoms with E-state index in [9.17, 15) is 9.59 Å². The van der Waals surface area contributed by atoms with Gasteiger partial charge in [0.25, 0.3) is 5.91 Å². The van der Waals surface area contributed by atoms with E-state index in [2.05, 4.69) is 20.9 Å². The summed E-state index contributed by atoms with van der Waals surface area (Å²) >= 11 is 0. The number of hydrogen-bond acceptors (Lipinski definition) is 4. The Labute approximate surface area is 175 Å². The fourth-order valence-electron chi connectivity index (χ4n) is 2.78. The van der Waals surface area contributed by atoms with Crippen molar-refractivity contribution in [1.82, 2.24) is 15.6 Å². The largest absolute Gasteiger partial charge is 0.444 e. The lowest BCUT2D eigenvalue weighted by atomic mass is 10.1. The first-order valence-corrected chi connectivity index (χ1v) is 9.88. The SMILES string of the molecule is Cc1ccc(-c2nc(CCNC(=O)Nc3ccc(C(=O)NC(C)C)cc3)co2)cc1. The third kappa shape index (κ3) is 5.94. The van der Waals surface area contributed by atoms with Crippen molar-refractivity contribution in [1.29, 1.82) is 0 Å². The Balaban J connectivity index is 1.45. The van der Waals surface area contributed by atoms with Crippen molar-refractivity contribution >= 4 is 17.6 Å². The summed E-state index contributed by atoms with van der Waals surface area (Å²) in [5, 5.41) is 8.36. The van der Waals surface area contributed by atoms with Crippen LogP contribution < -0.4 is 16.0 Å². The second kappa shape index (κ2) is 9.73. The van der Waals surface area contributed by atoms with Gasteiger partial charge in [-0.3, -0.25) is 4.79 Å². The minimum absolute atomic E-state index is 0.0683. The maximum Gasteiger partial charge on any atom is 0.319 e. The molecule has 1 heterocycles. The molecule has 0 bridgehead atoms. The Kier molecular flexibility index (Phi) is 6.85. The van der Waals surface area contributed by atoms with Gasteiger partial charge < -0.3 is 20.4 Å². The fourth-order valence-corrected chi connectivity index (χ4v) is 2.78. The first kappa shape index (κ1) is 21.1. The van der Waals surface area contributed by atoms with E-state index in [-0.39, 0.29) is 18.0 Å². The highest BCUT2D eigenvalue weighted by atomic mass is 16.3. The summed E-state index contributed by atoms with van der Waals surface area (Å²) in [6.07, 6.45) is 2.16. The number of hydrogen-bond donors (Lipinski definition) is 3. The van der Waals surface area contributed by atoms with Crippen LogP contribution in [0.5, 0.6) is 0 Å². The van der Waals surface area contributed by atoms with Gasteiger partial charge in [0.15, 0.2) is 0 Å². The van der Waals surface area contributed by atoms with Crippen LogP contribution in [0.4, 0.5) is 10.5 Å². The van der Waals surface area contributed by atoms with E-state index in [0.29, 0.717) is 30.1 Å². The lowest BCUT2D eigenvalue weighted by molar-refractivity contribution is 0.0943. The average Bonchev–Trinajstić information content (AvgIpc) is 3.17. The van der Waals surface area contributed by atoms with Crippen LogP contribution in [0.1, 0.15) is 35.5 Å². The van der Waals surface area contributed by atoms with E-state index in [1.165, 1.54) is 5.56 Å². The lowest BCUT2D eigenvalue weighted by Gasteiger charge is -2.10. The number of anilines is 1. The van der Waals surface area contributed by atoms with E-state index in [1.54, 1.807) is 30.5 Å². The quantitative estimate of drug-likeness (QED) is 0.549. The average molecular weight is 406 g/mol. The van der Waals surface area contributed by atoms with E-state index in [4.69, 9.17) is 4.42 Å². The molecule has 0 spiro atoms. The Morgan fingerprint density at radius 3 is 2.40 bits per heavy atom. The van der Waals surface area contributed by atoms with Crippen LogP contribution in [0.3, 0.4) is 0 Å². The molecule has 156 valence electrons. The maximum atomic E-state index is 12.1. The number of amides is 3. The molecule has 3 amide bonds. The zero-order chi connectivity index (χ0) is 21.5. The minimum atomic E-state index is -0.323. The molecule has 0 aliphatic rings. The third-order valence-electron chi connectivity index (χ3n) is 4.34.